The van der Waals surface area contributed by atoms with Crippen LogP contribution in [0.4, 0.5) is 4.39 Å². The van der Waals surface area contributed by atoms with E-state index in [1.807, 2.05) is 13.0 Å². The number of methoxy groups -OCH3 is 1. The van der Waals surface area contributed by atoms with Crippen LogP contribution >= 0.6 is 0 Å². The third-order valence-electron chi connectivity index (χ3n) is 3.02. The highest BCUT2D eigenvalue weighted by Gasteiger charge is 2.19. The molecule has 0 saturated heterocycles. The van der Waals surface area contributed by atoms with Crippen molar-refractivity contribution < 1.29 is 19.0 Å². The van der Waals surface area contributed by atoms with Crippen LogP contribution < -0.4 is 9.47 Å². The molecule has 0 amide bonds. The van der Waals surface area contributed by atoms with E-state index in [9.17, 15) is 9.50 Å². The Kier molecular flexibility index (Phi) is 4.58. The van der Waals surface area contributed by atoms with Gasteiger partial charge in [0.15, 0.2) is 0 Å². The van der Waals surface area contributed by atoms with E-state index in [0.29, 0.717) is 23.7 Å². The summed E-state index contributed by atoms with van der Waals surface area (Å²) in [5.41, 5.74) is 0.733. The standard InChI is InChI=1S/C16H17FO3/c1-3-20-15-7-5-4-6-13(15)16(18)12-9-8-11(19-2)10-14(12)17/h4-10,16,18H,3H2,1-2H3. The second-order valence-electron chi connectivity index (χ2n) is 4.26. The zero-order valence-corrected chi connectivity index (χ0v) is 11.5. The first-order valence-electron chi connectivity index (χ1n) is 6.40. The lowest BCUT2D eigenvalue weighted by Crippen LogP contribution is -2.06. The van der Waals surface area contributed by atoms with Crippen molar-refractivity contribution in [2.75, 3.05) is 13.7 Å². The quantitative estimate of drug-likeness (QED) is 0.910. The number of aliphatic hydroxyl groups is 1. The summed E-state index contributed by atoms with van der Waals surface area (Å²) < 4.78 is 24.4. The molecule has 0 bridgehead atoms. The van der Waals surface area contributed by atoms with Crippen LogP contribution in [0, 0.1) is 5.82 Å². The van der Waals surface area contributed by atoms with Gasteiger partial charge in [-0.15, -0.1) is 0 Å². The van der Waals surface area contributed by atoms with E-state index < -0.39 is 11.9 Å². The van der Waals surface area contributed by atoms with Gasteiger partial charge in [-0.05, 0) is 25.1 Å². The highest BCUT2D eigenvalue weighted by atomic mass is 19.1. The van der Waals surface area contributed by atoms with Gasteiger partial charge < -0.3 is 14.6 Å². The molecule has 2 aromatic rings. The van der Waals surface area contributed by atoms with E-state index in [1.165, 1.54) is 19.2 Å². The molecule has 4 heteroatoms. The molecule has 0 radical (unpaired) electrons. The fourth-order valence-corrected chi connectivity index (χ4v) is 2.02. The number of aliphatic hydroxyl groups excluding tert-OH is 1. The zero-order chi connectivity index (χ0) is 14.5. The lowest BCUT2D eigenvalue weighted by Gasteiger charge is -2.17. The maximum absolute atomic E-state index is 14.0. The van der Waals surface area contributed by atoms with Crippen molar-refractivity contribution in [1.82, 2.24) is 0 Å². The number of para-hydroxylation sites is 1. The van der Waals surface area contributed by atoms with Gasteiger partial charge >= 0.3 is 0 Å². The number of halogens is 1. The van der Waals surface area contributed by atoms with Crippen molar-refractivity contribution in [2.24, 2.45) is 0 Å². The summed E-state index contributed by atoms with van der Waals surface area (Å²) in [6.45, 7) is 2.34. The smallest absolute Gasteiger partial charge is 0.133 e. The molecular formula is C16H17FO3. The van der Waals surface area contributed by atoms with E-state index in [0.717, 1.165) is 0 Å². The highest BCUT2D eigenvalue weighted by Crippen LogP contribution is 2.32. The van der Waals surface area contributed by atoms with Crippen LogP contribution in [-0.2, 0) is 0 Å². The van der Waals surface area contributed by atoms with Crippen LogP contribution in [0.1, 0.15) is 24.2 Å². The van der Waals surface area contributed by atoms with Crippen LogP contribution in [0.3, 0.4) is 0 Å². The molecule has 0 spiro atoms. The Morgan fingerprint density at radius 1 is 1.15 bits per heavy atom. The third kappa shape index (κ3) is 2.91. The molecule has 0 aliphatic rings. The van der Waals surface area contributed by atoms with E-state index in [4.69, 9.17) is 9.47 Å². The first kappa shape index (κ1) is 14.3. The van der Waals surface area contributed by atoms with Crippen LogP contribution in [0.15, 0.2) is 42.5 Å². The molecule has 1 N–H and O–H groups in total. The molecule has 0 aliphatic heterocycles. The van der Waals surface area contributed by atoms with Gasteiger partial charge in [0, 0.05) is 17.2 Å². The molecule has 1 unspecified atom stereocenters. The summed E-state index contributed by atoms with van der Waals surface area (Å²) in [6.07, 6.45) is -1.08. The van der Waals surface area contributed by atoms with Crippen molar-refractivity contribution in [3.05, 3.63) is 59.4 Å². The third-order valence-corrected chi connectivity index (χ3v) is 3.02. The molecule has 0 heterocycles. The average molecular weight is 276 g/mol. The molecule has 2 aromatic carbocycles. The molecule has 1 atom stereocenters. The summed E-state index contributed by atoms with van der Waals surface area (Å²) in [5, 5.41) is 10.4. The monoisotopic (exact) mass is 276 g/mol. The Bertz CT molecular complexity index is 584. The largest absolute Gasteiger partial charge is 0.497 e. The topological polar surface area (TPSA) is 38.7 Å². The molecule has 20 heavy (non-hydrogen) atoms. The number of ether oxygens (including phenoxy) is 2. The minimum atomic E-state index is -1.08. The van der Waals surface area contributed by atoms with Crippen molar-refractivity contribution in [2.45, 2.75) is 13.0 Å². The summed E-state index contributed by atoms with van der Waals surface area (Å²) >= 11 is 0. The van der Waals surface area contributed by atoms with E-state index >= 15 is 0 Å². The molecule has 3 nitrogen and oxygen atoms in total. The van der Waals surface area contributed by atoms with Crippen LogP contribution in [0.2, 0.25) is 0 Å². The fourth-order valence-electron chi connectivity index (χ4n) is 2.02. The Balaban J connectivity index is 2.38. The second-order valence-corrected chi connectivity index (χ2v) is 4.26. The summed E-state index contributed by atoms with van der Waals surface area (Å²) in [7, 11) is 1.47. The summed E-state index contributed by atoms with van der Waals surface area (Å²) in [4.78, 5) is 0. The van der Waals surface area contributed by atoms with Crippen molar-refractivity contribution >= 4 is 0 Å². The maximum Gasteiger partial charge on any atom is 0.133 e. The molecule has 0 fully saturated rings. The van der Waals surface area contributed by atoms with Crippen LogP contribution in [0.25, 0.3) is 0 Å². The summed E-state index contributed by atoms with van der Waals surface area (Å²) in [5.74, 6) is 0.456. The van der Waals surface area contributed by atoms with E-state index in [1.54, 1.807) is 24.3 Å². The van der Waals surface area contributed by atoms with Gasteiger partial charge in [0.05, 0.1) is 13.7 Å². The average Bonchev–Trinajstić information content (AvgIpc) is 2.47. The maximum atomic E-state index is 14.0. The highest BCUT2D eigenvalue weighted by molar-refractivity contribution is 5.42. The molecule has 0 saturated carbocycles. The lowest BCUT2D eigenvalue weighted by atomic mass is 10.00. The molecule has 106 valence electrons. The summed E-state index contributed by atoms with van der Waals surface area (Å²) in [6, 6.07) is 11.4. The van der Waals surface area contributed by atoms with Gasteiger partial charge in [-0.3, -0.25) is 0 Å². The number of hydrogen-bond donors (Lipinski definition) is 1. The number of rotatable bonds is 5. The first-order chi connectivity index (χ1) is 9.67. The van der Waals surface area contributed by atoms with Gasteiger partial charge in [0.25, 0.3) is 0 Å². The van der Waals surface area contributed by atoms with Gasteiger partial charge in [-0.2, -0.15) is 0 Å². The predicted octanol–water partition coefficient (Wildman–Crippen LogP) is 3.31. The van der Waals surface area contributed by atoms with Gasteiger partial charge in [0.1, 0.15) is 23.4 Å². The molecule has 2 rings (SSSR count). The predicted molar refractivity (Wildman–Crippen MR) is 74.6 cm³/mol. The SMILES string of the molecule is CCOc1ccccc1C(O)c1ccc(OC)cc1F. The van der Waals surface area contributed by atoms with Crippen LogP contribution in [-0.4, -0.2) is 18.8 Å². The normalized spacial score (nSPS) is 12.0. The van der Waals surface area contributed by atoms with E-state index in [-0.39, 0.29) is 5.56 Å². The minimum Gasteiger partial charge on any atom is -0.497 e. The molecule has 0 aliphatic carbocycles. The number of hydrogen-bond acceptors (Lipinski definition) is 3. The molecular weight excluding hydrogens is 259 g/mol. The van der Waals surface area contributed by atoms with Crippen molar-refractivity contribution in [3.63, 3.8) is 0 Å². The Hall–Kier alpha value is -2.07. The number of benzene rings is 2. The minimum absolute atomic E-state index is 0.193. The second kappa shape index (κ2) is 6.39. The first-order valence-corrected chi connectivity index (χ1v) is 6.40. The Morgan fingerprint density at radius 2 is 1.90 bits per heavy atom. The lowest BCUT2D eigenvalue weighted by molar-refractivity contribution is 0.207. The van der Waals surface area contributed by atoms with Gasteiger partial charge in [-0.1, -0.05) is 18.2 Å². The van der Waals surface area contributed by atoms with Gasteiger partial charge in [0.2, 0.25) is 0 Å². The Morgan fingerprint density at radius 3 is 2.55 bits per heavy atom. The van der Waals surface area contributed by atoms with Crippen molar-refractivity contribution in [3.8, 4) is 11.5 Å². The van der Waals surface area contributed by atoms with Crippen molar-refractivity contribution in [1.29, 1.82) is 0 Å². The van der Waals surface area contributed by atoms with Crippen LogP contribution in [0.5, 0.6) is 11.5 Å². The zero-order valence-electron chi connectivity index (χ0n) is 11.5. The van der Waals surface area contributed by atoms with Gasteiger partial charge in [-0.25, -0.2) is 4.39 Å². The Labute approximate surface area is 117 Å². The fraction of sp³-hybridized carbons (Fsp3) is 0.250. The molecule has 0 aromatic heterocycles. The van der Waals surface area contributed by atoms with E-state index in [2.05, 4.69) is 0 Å².